The Hall–Kier alpha value is -1.04. The van der Waals surface area contributed by atoms with E-state index in [0.29, 0.717) is 6.79 Å². The molecule has 2 fully saturated rings. The molecule has 6 nitrogen and oxygen atoms in total. The zero-order valence-electron chi connectivity index (χ0n) is 23.3. The maximum absolute atomic E-state index is 6.02. The summed E-state index contributed by atoms with van der Waals surface area (Å²) >= 11 is 2.22. The van der Waals surface area contributed by atoms with Crippen LogP contribution in [-0.4, -0.2) is 36.3 Å². The summed E-state index contributed by atoms with van der Waals surface area (Å²) in [5, 5.41) is 0. The van der Waals surface area contributed by atoms with Crippen LogP contribution in [-0.2, 0) is 18.8 Å². The molecule has 0 unspecified atom stereocenters. The van der Waals surface area contributed by atoms with E-state index in [-0.39, 0.29) is 41.9 Å². The molecule has 36 heavy (non-hydrogen) atoms. The minimum absolute atomic E-state index is 0. The monoisotopic (exact) mass is 632 g/mol. The second-order valence-electron chi connectivity index (χ2n) is 11.2. The van der Waals surface area contributed by atoms with Crippen molar-refractivity contribution in [2.45, 2.75) is 91.6 Å². The van der Waals surface area contributed by atoms with Gasteiger partial charge in [-0.05, 0) is 121 Å². The lowest BCUT2D eigenvalue weighted by atomic mass is 9.77. The first-order valence-corrected chi connectivity index (χ1v) is 13.0. The number of benzene rings is 2. The van der Waals surface area contributed by atoms with E-state index in [0.717, 1.165) is 26.0 Å². The fourth-order valence-electron chi connectivity index (χ4n) is 3.21. The number of anilines is 2. The zero-order valence-corrected chi connectivity index (χ0v) is 26.3. The van der Waals surface area contributed by atoms with Gasteiger partial charge in [-0.3, -0.25) is 0 Å². The van der Waals surface area contributed by atoms with Gasteiger partial charge in [0, 0.05) is 20.4 Å². The molecule has 202 valence electrons. The van der Waals surface area contributed by atoms with Crippen molar-refractivity contribution in [3.63, 3.8) is 0 Å². The van der Waals surface area contributed by atoms with Crippen LogP contribution in [0.4, 0.5) is 11.4 Å². The summed E-state index contributed by atoms with van der Waals surface area (Å²) in [4.78, 5) is 0. The summed E-state index contributed by atoms with van der Waals surface area (Å²) in [6.07, 6.45) is 0. The summed E-state index contributed by atoms with van der Waals surface area (Å²) in [7, 11) is -0.374. The fourth-order valence-corrected chi connectivity index (χ4v) is 3.55. The maximum atomic E-state index is 6.02. The summed E-state index contributed by atoms with van der Waals surface area (Å²) in [5.74, 6) is 0. The molecule has 0 saturated carbocycles. The molecular weight excluding hydrogens is 589 g/mol. The van der Waals surface area contributed by atoms with Crippen molar-refractivity contribution in [2.75, 3.05) is 18.3 Å². The highest BCUT2D eigenvalue weighted by molar-refractivity contribution is 14.1. The van der Waals surface area contributed by atoms with E-state index < -0.39 is 0 Å². The lowest BCUT2D eigenvalue weighted by Crippen LogP contribution is -2.41. The molecule has 4 rings (SSSR count). The van der Waals surface area contributed by atoms with Crippen LogP contribution < -0.4 is 16.9 Å². The van der Waals surface area contributed by atoms with E-state index in [2.05, 4.69) is 28.7 Å². The van der Waals surface area contributed by atoms with Gasteiger partial charge in [-0.2, -0.15) is 0 Å². The number of hydrogen-bond donors (Lipinski definition) is 2. The Balaban J connectivity index is 0.000000291. The highest BCUT2D eigenvalue weighted by Crippen LogP contribution is 2.37. The fraction of sp³-hybridized carbons (Fsp3) is 0.556. The number of ether oxygens (including phenoxy) is 2. The molecule has 0 radical (unpaired) electrons. The Morgan fingerprint density at radius 1 is 0.694 bits per heavy atom. The lowest BCUT2D eigenvalue weighted by molar-refractivity contribution is 0.00578. The van der Waals surface area contributed by atoms with Gasteiger partial charge in [0.1, 0.15) is 6.79 Å². The Morgan fingerprint density at radius 3 is 1.44 bits per heavy atom. The average molecular weight is 633 g/mol. The Bertz CT molecular complexity index is 1000. The van der Waals surface area contributed by atoms with Crippen molar-refractivity contribution in [1.29, 1.82) is 0 Å². The number of rotatable bonds is 1. The molecule has 0 spiro atoms. The molecule has 0 amide bonds. The molecular formula is C27H43BClIN2O4. The third-order valence-corrected chi connectivity index (χ3v) is 8.17. The first-order valence-electron chi connectivity index (χ1n) is 11.9. The highest BCUT2D eigenvalue weighted by atomic mass is 127. The van der Waals surface area contributed by atoms with Crippen LogP contribution in [0.15, 0.2) is 36.4 Å². The van der Waals surface area contributed by atoms with Gasteiger partial charge in [-0.1, -0.05) is 18.2 Å². The van der Waals surface area contributed by atoms with E-state index in [1.165, 1.54) is 5.56 Å². The van der Waals surface area contributed by atoms with Gasteiger partial charge in [-0.25, -0.2) is 0 Å². The van der Waals surface area contributed by atoms with Crippen LogP contribution in [0.2, 0.25) is 0 Å². The van der Waals surface area contributed by atoms with Crippen LogP contribution in [0, 0.1) is 17.4 Å². The van der Waals surface area contributed by atoms with E-state index in [1.54, 1.807) is 0 Å². The van der Waals surface area contributed by atoms with Gasteiger partial charge in [0.15, 0.2) is 0 Å². The standard InChI is InChI=1S/C13H20BNO2.C7H8IN.C7H14O2.ClH/c1-9-6-7-10(11(15)8-9)14-16-12(2,3)13(4,5)17-14;1-5-2-3-6(8)7(9)4-5;1-6(2)7(3,4)9-5-8-6;/h6-8H,15H2,1-5H3;2-4H,9H2,1H3;5H2,1-4H3;1H. The highest BCUT2D eigenvalue weighted by Gasteiger charge is 2.52. The molecule has 9 heteroatoms. The van der Waals surface area contributed by atoms with Gasteiger partial charge in [0.25, 0.3) is 0 Å². The Labute approximate surface area is 237 Å². The number of nitrogen functional groups attached to an aromatic ring is 2. The van der Waals surface area contributed by atoms with Gasteiger partial charge in [0.2, 0.25) is 0 Å². The van der Waals surface area contributed by atoms with Crippen LogP contribution in [0.25, 0.3) is 0 Å². The van der Waals surface area contributed by atoms with E-state index in [4.69, 9.17) is 30.2 Å². The molecule has 2 heterocycles. The number of hydrogen-bond acceptors (Lipinski definition) is 6. The van der Waals surface area contributed by atoms with Crippen molar-refractivity contribution in [3.05, 3.63) is 51.1 Å². The molecule has 0 aromatic heterocycles. The first-order chi connectivity index (χ1) is 15.9. The minimum atomic E-state index is -0.374. The van der Waals surface area contributed by atoms with Crippen LogP contribution in [0.1, 0.15) is 66.5 Å². The molecule has 4 N–H and O–H groups in total. The summed E-state index contributed by atoms with van der Waals surface area (Å²) in [6, 6.07) is 12.0. The summed E-state index contributed by atoms with van der Waals surface area (Å²) < 4.78 is 23.7. The predicted molar refractivity (Wildman–Crippen MR) is 162 cm³/mol. The average Bonchev–Trinajstić information content (AvgIpc) is 3.08. The second kappa shape index (κ2) is 12.2. The molecule has 0 aliphatic carbocycles. The van der Waals surface area contributed by atoms with Gasteiger partial charge in [0.05, 0.1) is 22.4 Å². The van der Waals surface area contributed by atoms with Crippen molar-refractivity contribution in [1.82, 2.24) is 0 Å². The number of aryl methyl sites for hydroxylation is 2. The normalized spacial score (nSPS) is 20.4. The SMILES string of the molecule is CC1(C)OCOC1(C)C.Cc1ccc(B2OC(C)(C)C(C)(C)O2)c(N)c1.Cc1ccc(I)c(N)c1.Cl. The first kappa shape index (κ1) is 33.0. The minimum Gasteiger partial charge on any atom is -0.399 e. The molecule has 2 saturated heterocycles. The lowest BCUT2D eigenvalue weighted by Gasteiger charge is -2.32. The Kier molecular flexibility index (Phi) is 11.2. The van der Waals surface area contributed by atoms with Gasteiger partial charge in [-0.15, -0.1) is 12.4 Å². The second-order valence-corrected chi connectivity index (χ2v) is 12.3. The van der Waals surface area contributed by atoms with Crippen molar-refractivity contribution in [2.24, 2.45) is 0 Å². The van der Waals surface area contributed by atoms with E-state index >= 15 is 0 Å². The van der Waals surface area contributed by atoms with Crippen molar-refractivity contribution >= 4 is 59.0 Å². The third kappa shape index (κ3) is 7.98. The molecule has 0 atom stereocenters. The molecule has 0 bridgehead atoms. The summed E-state index contributed by atoms with van der Waals surface area (Å²) in [6.45, 7) is 20.8. The molecule has 2 aromatic carbocycles. The zero-order chi connectivity index (χ0) is 26.8. The number of nitrogens with two attached hydrogens (primary N) is 2. The smallest absolute Gasteiger partial charge is 0.399 e. The number of halogens is 2. The van der Waals surface area contributed by atoms with Crippen LogP contribution >= 0.6 is 35.0 Å². The van der Waals surface area contributed by atoms with Crippen molar-refractivity contribution in [3.8, 4) is 0 Å². The summed E-state index contributed by atoms with van der Waals surface area (Å²) in [5.41, 5.74) is 15.6. The molecule has 2 aromatic rings. The largest absolute Gasteiger partial charge is 0.496 e. The third-order valence-electron chi connectivity index (χ3n) is 7.19. The predicted octanol–water partition coefficient (Wildman–Crippen LogP) is 6.03. The van der Waals surface area contributed by atoms with E-state index in [1.807, 2.05) is 99.6 Å². The Morgan fingerprint density at radius 2 is 1.11 bits per heavy atom. The molecule has 2 aliphatic rings. The van der Waals surface area contributed by atoms with Gasteiger partial charge >= 0.3 is 7.12 Å². The maximum Gasteiger partial charge on any atom is 0.496 e. The van der Waals surface area contributed by atoms with Crippen LogP contribution in [0.3, 0.4) is 0 Å². The topological polar surface area (TPSA) is 89.0 Å². The van der Waals surface area contributed by atoms with E-state index in [9.17, 15) is 0 Å². The molecule has 2 aliphatic heterocycles. The van der Waals surface area contributed by atoms with Crippen molar-refractivity contribution < 1.29 is 18.8 Å². The van der Waals surface area contributed by atoms with Crippen LogP contribution in [0.5, 0.6) is 0 Å². The quantitative estimate of drug-likeness (QED) is 0.227. The van der Waals surface area contributed by atoms with Gasteiger partial charge < -0.3 is 30.2 Å².